The smallest absolute Gasteiger partial charge is 0.323 e. The number of non-ortho nitro benzene ring substituents is 1. The van der Waals surface area contributed by atoms with Gasteiger partial charge in [0, 0.05) is 43.2 Å². The molecule has 0 unspecified atom stereocenters. The van der Waals surface area contributed by atoms with E-state index >= 15 is 0 Å². The molecule has 3 amide bonds. The Kier molecular flexibility index (Phi) is 6.42. The fourth-order valence-corrected chi connectivity index (χ4v) is 3.90. The van der Waals surface area contributed by atoms with Crippen LogP contribution < -0.4 is 10.2 Å². The molecule has 0 spiro atoms. The van der Waals surface area contributed by atoms with E-state index in [1.165, 1.54) is 23.5 Å². The first-order chi connectivity index (χ1) is 13.8. The third-order valence-electron chi connectivity index (χ3n) is 4.63. The number of nitro benzene ring substituents is 1. The maximum Gasteiger partial charge on any atom is 0.323 e. The summed E-state index contributed by atoms with van der Waals surface area (Å²) in [6.45, 7) is 5.49. The minimum Gasteiger partial charge on any atom is -0.338 e. The van der Waals surface area contributed by atoms with Crippen LogP contribution in [0.2, 0.25) is 0 Å². The number of carbonyl (C=O) groups excluding carboxylic acids is 2. The van der Waals surface area contributed by atoms with E-state index in [1.807, 2.05) is 13.8 Å². The molecule has 0 bridgehead atoms. The highest BCUT2D eigenvalue weighted by molar-refractivity contribution is 7.14. The van der Waals surface area contributed by atoms with Crippen LogP contribution in [0.25, 0.3) is 0 Å². The van der Waals surface area contributed by atoms with Crippen molar-refractivity contribution in [3.05, 3.63) is 51.0 Å². The highest BCUT2D eigenvalue weighted by Gasteiger charge is 2.24. The zero-order valence-electron chi connectivity index (χ0n) is 16.3. The van der Waals surface area contributed by atoms with Gasteiger partial charge in [-0.2, -0.15) is 0 Å². The Hall–Kier alpha value is -3.01. The van der Waals surface area contributed by atoms with Crippen LogP contribution in [-0.4, -0.2) is 45.9 Å². The second-order valence-corrected chi connectivity index (χ2v) is 7.91. The number of benzene rings is 1. The molecule has 3 rings (SSSR count). The number of urea groups is 1. The van der Waals surface area contributed by atoms with Crippen molar-refractivity contribution in [1.82, 2.24) is 15.2 Å². The number of amides is 3. The second-order valence-electron chi connectivity index (χ2n) is 7.07. The summed E-state index contributed by atoms with van der Waals surface area (Å²) in [7, 11) is 0. The molecule has 1 saturated heterocycles. The monoisotopic (exact) mass is 417 g/mol. The third-order valence-corrected chi connectivity index (χ3v) is 5.54. The Morgan fingerprint density at radius 1 is 1.38 bits per heavy atom. The van der Waals surface area contributed by atoms with Crippen LogP contribution >= 0.6 is 11.3 Å². The molecule has 1 aromatic heterocycles. The van der Waals surface area contributed by atoms with E-state index in [4.69, 9.17) is 0 Å². The van der Waals surface area contributed by atoms with Gasteiger partial charge in [-0.05, 0) is 25.8 Å². The Bertz CT molecular complexity index is 896. The quantitative estimate of drug-likeness (QED) is 0.550. The lowest BCUT2D eigenvalue weighted by atomic mass is 10.1. The van der Waals surface area contributed by atoms with Gasteiger partial charge >= 0.3 is 6.03 Å². The maximum absolute atomic E-state index is 12.9. The van der Waals surface area contributed by atoms with Crippen molar-refractivity contribution >= 4 is 34.1 Å². The van der Waals surface area contributed by atoms with E-state index in [0.717, 1.165) is 12.0 Å². The van der Waals surface area contributed by atoms with E-state index in [2.05, 4.69) is 10.3 Å². The Balaban J connectivity index is 1.67. The number of carbonyl (C=O) groups is 2. The van der Waals surface area contributed by atoms with Crippen LogP contribution in [0.4, 0.5) is 15.6 Å². The molecular formula is C19H23N5O4S. The van der Waals surface area contributed by atoms with Gasteiger partial charge in [0.05, 0.1) is 17.0 Å². The number of nitrogens with zero attached hydrogens (tertiary/aromatic N) is 4. The lowest BCUT2D eigenvalue weighted by Crippen LogP contribution is -2.46. The average molecular weight is 417 g/mol. The lowest BCUT2D eigenvalue weighted by Gasteiger charge is -2.27. The minimum atomic E-state index is -0.447. The average Bonchev–Trinajstić information content (AvgIpc) is 3.14. The van der Waals surface area contributed by atoms with Crippen LogP contribution in [0.1, 0.15) is 31.5 Å². The van der Waals surface area contributed by atoms with Gasteiger partial charge in [-0.15, -0.1) is 11.3 Å². The molecule has 1 aromatic carbocycles. The van der Waals surface area contributed by atoms with Gasteiger partial charge in [-0.1, -0.05) is 12.1 Å². The summed E-state index contributed by atoms with van der Waals surface area (Å²) >= 11 is 1.35. The van der Waals surface area contributed by atoms with E-state index in [-0.39, 0.29) is 30.1 Å². The minimum absolute atomic E-state index is 0.0212. The van der Waals surface area contributed by atoms with E-state index in [1.54, 1.807) is 27.3 Å². The Labute approximate surface area is 172 Å². The molecule has 1 fully saturated rings. The zero-order valence-corrected chi connectivity index (χ0v) is 17.1. The lowest BCUT2D eigenvalue weighted by molar-refractivity contribution is -0.384. The molecule has 154 valence electrons. The zero-order chi connectivity index (χ0) is 21.0. The summed E-state index contributed by atoms with van der Waals surface area (Å²) in [6, 6.07) is 6.01. The van der Waals surface area contributed by atoms with Crippen LogP contribution in [-0.2, 0) is 17.8 Å². The Morgan fingerprint density at radius 2 is 2.10 bits per heavy atom. The van der Waals surface area contributed by atoms with Crippen LogP contribution in [0.5, 0.6) is 0 Å². The molecule has 1 aliphatic rings. The van der Waals surface area contributed by atoms with Gasteiger partial charge in [0.15, 0.2) is 5.13 Å². The summed E-state index contributed by atoms with van der Waals surface area (Å²) < 4.78 is 0. The number of rotatable bonds is 7. The molecule has 0 atom stereocenters. The molecule has 0 aliphatic carbocycles. The third kappa shape index (κ3) is 5.08. The number of aromatic nitrogens is 1. The standard InChI is InChI=1S/C19H23N5O4S/c1-13(2)23(11-14-4-6-16(7-5-14)24(27)28)17(25)10-15-12-29-19(21-15)22-9-3-8-20-18(22)26/h4-7,12-13H,3,8-11H2,1-2H3,(H,20,26). The van der Waals surface area contributed by atoms with Crippen LogP contribution in [0.3, 0.4) is 0 Å². The first-order valence-corrected chi connectivity index (χ1v) is 10.3. The molecule has 0 saturated carbocycles. The van der Waals surface area contributed by atoms with Crippen molar-refractivity contribution in [2.75, 3.05) is 18.0 Å². The first-order valence-electron chi connectivity index (χ1n) is 9.37. The molecule has 29 heavy (non-hydrogen) atoms. The highest BCUT2D eigenvalue weighted by atomic mass is 32.1. The molecular weight excluding hydrogens is 394 g/mol. The molecule has 10 heteroatoms. The number of nitrogens with one attached hydrogen (secondary N) is 1. The molecule has 9 nitrogen and oxygen atoms in total. The van der Waals surface area contributed by atoms with Crippen molar-refractivity contribution in [3.8, 4) is 0 Å². The van der Waals surface area contributed by atoms with Gasteiger partial charge in [-0.3, -0.25) is 19.8 Å². The number of nitro groups is 1. The van der Waals surface area contributed by atoms with E-state index < -0.39 is 4.92 Å². The number of hydrogen-bond donors (Lipinski definition) is 1. The number of hydrogen-bond acceptors (Lipinski definition) is 6. The first kappa shape index (κ1) is 20.7. The predicted molar refractivity (Wildman–Crippen MR) is 110 cm³/mol. The van der Waals surface area contributed by atoms with Gasteiger partial charge in [0.1, 0.15) is 0 Å². The SMILES string of the molecule is CC(C)N(Cc1ccc([N+](=O)[O-])cc1)C(=O)Cc1csc(N2CCCNC2=O)n1. The van der Waals surface area contributed by atoms with Crippen LogP contribution in [0, 0.1) is 10.1 Å². The number of thiazole rings is 1. The number of anilines is 1. The van der Waals surface area contributed by atoms with E-state index in [0.29, 0.717) is 30.5 Å². The summed E-state index contributed by atoms with van der Waals surface area (Å²) in [6.07, 6.45) is 0.993. The predicted octanol–water partition coefficient (Wildman–Crippen LogP) is 2.95. The van der Waals surface area contributed by atoms with E-state index in [9.17, 15) is 19.7 Å². The summed E-state index contributed by atoms with van der Waals surface area (Å²) in [4.78, 5) is 43.0. The molecule has 2 heterocycles. The second kappa shape index (κ2) is 8.99. The molecule has 2 aromatic rings. The van der Waals surface area contributed by atoms with Gasteiger partial charge in [0.2, 0.25) is 5.91 Å². The Morgan fingerprint density at radius 3 is 2.72 bits per heavy atom. The highest BCUT2D eigenvalue weighted by Crippen LogP contribution is 2.23. The summed E-state index contributed by atoms with van der Waals surface area (Å²) in [5.74, 6) is -0.0849. The molecule has 1 N–H and O–H groups in total. The van der Waals surface area contributed by atoms with Crippen molar-refractivity contribution in [2.24, 2.45) is 0 Å². The maximum atomic E-state index is 12.9. The topological polar surface area (TPSA) is 109 Å². The summed E-state index contributed by atoms with van der Waals surface area (Å²) in [5.41, 5.74) is 1.47. The van der Waals surface area contributed by atoms with Gasteiger partial charge in [0.25, 0.3) is 5.69 Å². The van der Waals surface area contributed by atoms with Crippen molar-refractivity contribution in [2.45, 2.75) is 39.3 Å². The van der Waals surface area contributed by atoms with Crippen molar-refractivity contribution < 1.29 is 14.5 Å². The van der Waals surface area contributed by atoms with Gasteiger partial charge in [-0.25, -0.2) is 9.78 Å². The van der Waals surface area contributed by atoms with Crippen LogP contribution in [0.15, 0.2) is 29.6 Å². The van der Waals surface area contributed by atoms with Crippen molar-refractivity contribution in [1.29, 1.82) is 0 Å². The fraction of sp³-hybridized carbons (Fsp3) is 0.421. The fourth-order valence-electron chi connectivity index (χ4n) is 3.05. The van der Waals surface area contributed by atoms with Gasteiger partial charge < -0.3 is 10.2 Å². The summed E-state index contributed by atoms with van der Waals surface area (Å²) in [5, 5.41) is 16.0. The normalized spacial score (nSPS) is 14.0. The molecule has 0 radical (unpaired) electrons. The largest absolute Gasteiger partial charge is 0.338 e. The van der Waals surface area contributed by atoms with Crippen molar-refractivity contribution in [3.63, 3.8) is 0 Å². The molecule has 1 aliphatic heterocycles.